The zero-order valence-electron chi connectivity index (χ0n) is 10.3. The predicted molar refractivity (Wildman–Crippen MR) is 76.4 cm³/mol. The number of hydrogen-bond acceptors (Lipinski definition) is 2. The molecule has 1 aromatic heterocycles. The maximum atomic E-state index is 6.08. The summed E-state index contributed by atoms with van der Waals surface area (Å²) in [5.41, 5.74) is 1.95. The van der Waals surface area contributed by atoms with Crippen LogP contribution in [0.1, 0.15) is 25.5 Å². The van der Waals surface area contributed by atoms with Gasteiger partial charge in [0.15, 0.2) is 0 Å². The summed E-state index contributed by atoms with van der Waals surface area (Å²) in [6.45, 7) is 4.86. The maximum absolute atomic E-state index is 6.08. The molecular weight excluding hydrogens is 269 g/mol. The standard InChI is InChI=1S/C13H15Cl2N3/c1-9(2)18-8-10(7-17-18)6-16-13-5-11(14)3-4-12(13)15/h3-5,7-9,16H,6H2,1-2H3. The number of nitrogens with zero attached hydrogens (tertiary/aromatic N) is 2. The lowest BCUT2D eigenvalue weighted by atomic mass is 10.3. The number of hydrogen-bond donors (Lipinski definition) is 1. The van der Waals surface area contributed by atoms with Gasteiger partial charge in [-0.15, -0.1) is 0 Å². The van der Waals surface area contributed by atoms with Gasteiger partial charge in [-0.2, -0.15) is 5.10 Å². The Labute approximate surface area is 117 Å². The molecule has 2 aromatic rings. The Morgan fingerprint density at radius 1 is 1.33 bits per heavy atom. The van der Waals surface area contributed by atoms with Crippen LogP contribution >= 0.6 is 23.2 Å². The lowest BCUT2D eigenvalue weighted by molar-refractivity contribution is 0.532. The summed E-state index contributed by atoms with van der Waals surface area (Å²) in [5, 5.41) is 8.87. The average Bonchev–Trinajstić information content (AvgIpc) is 2.79. The number of anilines is 1. The van der Waals surface area contributed by atoms with Gasteiger partial charge in [-0.3, -0.25) is 4.68 Å². The highest BCUT2D eigenvalue weighted by Crippen LogP contribution is 2.25. The van der Waals surface area contributed by atoms with Crippen molar-refractivity contribution in [2.75, 3.05) is 5.32 Å². The minimum atomic E-state index is 0.369. The van der Waals surface area contributed by atoms with E-state index in [1.807, 2.05) is 23.1 Å². The summed E-state index contributed by atoms with van der Waals surface area (Å²) >= 11 is 12.0. The fourth-order valence-corrected chi connectivity index (χ4v) is 1.94. The third-order valence-corrected chi connectivity index (χ3v) is 3.16. The zero-order valence-corrected chi connectivity index (χ0v) is 11.8. The molecule has 0 aliphatic rings. The molecule has 18 heavy (non-hydrogen) atoms. The highest BCUT2D eigenvalue weighted by atomic mass is 35.5. The normalized spacial score (nSPS) is 10.9. The molecule has 0 unspecified atom stereocenters. The Morgan fingerprint density at radius 3 is 2.78 bits per heavy atom. The molecule has 1 aromatic carbocycles. The third kappa shape index (κ3) is 3.18. The zero-order chi connectivity index (χ0) is 13.1. The van der Waals surface area contributed by atoms with E-state index < -0.39 is 0 Å². The van der Waals surface area contributed by atoms with E-state index in [0.717, 1.165) is 11.3 Å². The van der Waals surface area contributed by atoms with Crippen LogP contribution in [0.15, 0.2) is 30.6 Å². The number of nitrogens with one attached hydrogen (secondary N) is 1. The van der Waals surface area contributed by atoms with Crippen molar-refractivity contribution in [2.45, 2.75) is 26.4 Å². The minimum Gasteiger partial charge on any atom is -0.380 e. The maximum Gasteiger partial charge on any atom is 0.0638 e. The fraction of sp³-hybridized carbons (Fsp3) is 0.308. The Hall–Kier alpha value is -1.19. The van der Waals surface area contributed by atoms with Crippen molar-refractivity contribution >= 4 is 28.9 Å². The van der Waals surface area contributed by atoms with E-state index in [4.69, 9.17) is 23.2 Å². The van der Waals surface area contributed by atoms with Crippen LogP contribution in [0.5, 0.6) is 0 Å². The Bertz CT molecular complexity index is 535. The van der Waals surface area contributed by atoms with Gasteiger partial charge in [0, 0.05) is 29.4 Å². The van der Waals surface area contributed by atoms with Crippen LogP contribution in [0.25, 0.3) is 0 Å². The van der Waals surface area contributed by atoms with Gasteiger partial charge in [0.05, 0.1) is 16.9 Å². The van der Waals surface area contributed by atoms with Gasteiger partial charge < -0.3 is 5.32 Å². The molecule has 0 aliphatic heterocycles. The second-order valence-corrected chi connectivity index (χ2v) is 5.24. The van der Waals surface area contributed by atoms with Crippen molar-refractivity contribution in [1.29, 1.82) is 0 Å². The summed E-state index contributed by atoms with van der Waals surface area (Å²) in [7, 11) is 0. The topological polar surface area (TPSA) is 29.9 Å². The van der Waals surface area contributed by atoms with Crippen molar-refractivity contribution < 1.29 is 0 Å². The van der Waals surface area contributed by atoms with Gasteiger partial charge in [-0.05, 0) is 32.0 Å². The van der Waals surface area contributed by atoms with Crippen LogP contribution in [-0.4, -0.2) is 9.78 Å². The van der Waals surface area contributed by atoms with Gasteiger partial charge in [-0.1, -0.05) is 23.2 Å². The van der Waals surface area contributed by atoms with Crippen molar-refractivity contribution in [3.8, 4) is 0 Å². The highest BCUT2D eigenvalue weighted by Gasteiger charge is 2.04. The van der Waals surface area contributed by atoms with E-state index in [1.165, 1.54) is 0 Å². The molecule has 0 amide bonds. The second kappa shape index (κ2) is 5.63. The van der Waals surface area contributed by atoms with E-state index >= 15 is 0 Å². The molecule has 0 atom stereocenters. The fourth-order valence-electron chi connectivity index (χ4n) is 1.58. The molecule has 0 bridgehead atoms. The molecule has 0 saturated heterocycles. The first kappa shape index (κ1) is 13.2. The van der Waals surface area contributed by atoms with Crippen molar-refractivity contribution in [3.63, 3.8) is 0 Å². The van der Waals surface area contributed by atoms with Crippen molar-refractivity contribution in [1.82, 2.24) is 9.78 Å². The minimum absolute atomic E-state index is 0.369. The summed E-state index contributed by atoms with van der Waals surface area (Å²) in [6, 6.07) is 5.74. The number of rotatable bonds is 4. The Balaban J connectivity index is 2.04. The number of benzene rings is 1. The van der Waals surface area contributed by atoms with E-state index in [-0.39, 0.29) is 0 Å². The molecule has 0 radical (unpaired) electrons. The van der Waals surface area contributed by atoms with Crippen molar-refractivity contribution in [3.05, 3.63) is 46.2 Å². The highest BCUT2D eigenvalue weighted by molar-refractivity contribution is 6.35. The molecule has 2 rings (SSSR count). The largest absolute Gasteiger partial charge is 0.380 e. The van der Waals surface area contributed by atoms with Gasteiger partial charge >= 0.3 is 0 Å². The van der Waals surface area contributed by atoms with Crippen LogP contribution in [0.2, 0.25) is 10.0 Å². The molecule has 5 heteroatoms. The first-order chi connectivity index (χ1) is 8.56. The quantitative estimate of drug-likeness (QED) is 0.902. The lowest BCUT2D eigenvalue weighted by Gasteiger charge is -2.07. The van der Waals surface area contributed by atoms with E-state index in [9.17, 15) is 0 Å². The molecular formula is C13H15Cl2N3. The molecule has 0 saturated carbocycles. The monoisotopic (exact) mass is 283 g/mol. The van der Waals surface area contributed by atoms with E-state index in [2.05, 4.69) is 24.3 Å². The summed E-state index contributed by atoms with van der Waals surface area (Å²) in [5.74, 6) is 0. The summed E-state index contributed by atoms with van der Waals surface area (Å²) in [6.07, 6.45) is 3.88. The Kier molecular flexibility index (Phi) is 4.15. The smallest absolute Gasteiger partial charge is 0.0638 e. The van der Waals surface area contributed by atoms with Gasteiger partial charge in [0.25, 0.3) is 0 Å². The number of aromatic nitrogens is 2. The number of halogens is 2. The molecule has 0 fully saturated rings. The lowest BCUT2D eigenvalue weighted by Crippen LogP contribution is -2.01. The molecule has 3 nitrogen and oxygen atoms in total. The first-order valence-corrected chi connectivity index (χ1v) is 6.54. The molecule has 96 valence electrons. The van der Waals surface area contributed by atoms with Crippen LogP contribution in [0.4, 0.5) is 5.69 Å². The molecule has 1 N–H and O–H groups in total. The van der Waals surface area contributed by atoms with Crippen LogP contribution in [0, 0.1) is 0 Å². The first-order valence-electron chi connectivity index (χ1n) is 5.78. The van der Waals surface area contributed by atoms with Crippen molar-refractivity contribution in [2.24, 2.45) is 0 Å². The van der Waals surface area contributed by atoms with E-state index in [0.29, 0.717) is 22.6 Å². The molecule has 0 spiro atoms. The summed E-state index contributed by atoms with van der Waals surface area (Å²) in [4.78, 5) is 0. The SMILES string of the molecule is CC(C)n1cc(CNc2cc(Cl)ccc2Cl)cn1. The van der Waals surface area contributed by atoms with Crippen LogP contribution in [-0.2, 0) is 6.54 Å². The Morgan fingerprint density at radius 2 is 2.11 bits per heavy atom. The molecule has 1 heterocycles. The van der Waals surface area contributed by atoms with Crippen LogP contribution < -0.4 is 5.32 Å². The third-order valence-electron chi connectivity index (χ3n) is 2.60. The second-order valence-electron chi connectivity index (χ2n) is 4.40. The van der Waals surface area contributed by atoms with Crippen LogP contribution in [0.3, 0.4) is 0 Å². The molecule has 0 aliphatic carbocycles. The van der Waals surface area contributed by atoms with Gasteiger partial charge in [-0.25, -0.2) is 0 Å². The average molecular weight is 284 g/mol. The van der Waals surface area contributed by atoms with E-state index in [1.54, 1.807) is 12.1 Å². The summed E-state index contributed by atoms with van der Waals surface area (Å²) < 4.78 is 1.93. The predicted octanol–water partition coefficient (Wildman–Crippen LogP) is 4.38. The van der Waals surface area contributed by atoms with Gasteiger partial charge in [0.1, 0.15) is 0 Å². The van der Waals surface area contributed by atoms with Gasteiger partial charge in [0.2, 0.25) is 0 Å².